The number of aromatic hydroxyl groups is 1. The molecular formula is C15H12O4S. The number of rotatable bonds is 3. The number of phenolic OH excluding ortho intramolecular Hbond substituents is 1. The third kappa shape index (κ3) is 2.16. The van der Waals surface area contributed by atoms with E-state index in [1.165, 1.54) is 12.1 Å². The minimum absolute atomic E-state index is 0.0260. The first-order valence-corrected chi connectivity index (χ1v) is 7.52. The summed E-state index contributed by atoms with van der Waals surface area (Å²) in [4.78, 5) is 0.325. The fourth-order valence-corrected chi connectivity index (χ4v) is 3.55. The third-order valence-electron chi connectivity index (χ3n) is 3.07. The van der Waals surface area contributed by atoms with Crippen molar-refractivity contribution in [3.8, 4) is 11.5 Å². The molecule has 4 nitrogen and oxygen atoms in total. The summed E-state index contributed by atoms with van der Waals surface area (Å²) >= 11 is 0. The molecular weight excluding hydrogens is 276 g/mol. The van der Waals surface area contributed by atoms with Gasteiger partial charge in [0.25, 0.3) is 0 Å². The van der Waals surface area contributed by atoms with E-state index in [1.807, 2.05) is 18.2 Å². The van der Waals surface area contributed by atoms with Gasteiger partial charge in [-0.3, -0.25) is 0 Å². The summed E-state index contributed by atoms with van der Waals surface area (Å²) in [5.74, 6) is 0.549. The number of fused-ring (bicyclic) bond motifs is 1. The Balaban J connectivity index is 1.86. The van der Waals surface area contributed by atoms with E-state index >= 15 is 0 Å². The Morgan fingerprint density at radius 3 is 2.55 bits per heavy atom. The summed E-state index contributed by atoms with van der Waals surface area (Å²) in [6.07, 6.45) is 1.58. The number of hydrogen-bond acceptors (Lipinski definition) is 4. The molecule has 0 saturated carbocycles. The molecule has 0 spiro atoms. The summed E-state index contributed by atoms with van der Waals surface area (Å²) in [5.41, 5.74) is 0.578. The van der Waals surface area contributed by atoms with Gasteiger partial charge in [0.1, 0.15) is 18.1 Å². The third-order valence-corrected chi connectivity index (χ3v) is 4.93. The average molecular weight is 288 g/mol. The molecule has 0 aliphatic carbocycles. The van der Waals surface area contributed by atoms with Gasteiger partial charge in [0.15, 0.2) is 0 Å². The normalized spacial score (nSPS) is 15.5. The van der Waals surface area contributed by atoms with Crippen LogP contribution in [0.3, 0.4) is 0 Å². The van der Waals surface area contributed by atoms with E-state index in [0.29, 0.717) is 11.3 Å². The molecule has 0 aromatic heterocycles. The highest BCUT2D eigenvalue weighted by atomic mass is 32.2. The van der Waals surface area contributed by atoms with Crippen LogP contribution in [0.5, 0.6) is 11.5 Å². The summed E-state index contributed by atoms with van der Waals surface area (Å²) in [5, 5.41) is 9.40. The van der Waals surface area contributed by atoms with Crippen molar-refractivity contribution in [2.45, 2.75) is 4.90 Å². The Hall–Kier alpha value is -2.27. The first-order chi connectivity index (χ1) is 9.57. The Bertz CT molecular complexity index is 777. The van der Waals surface area contributed by atoms with Crippen molar-refractivity contribution in [1.82, 2.24) is 0 Å². The number of para-hydroxylation sites is 1. The molecule has 0 radical (unpaired) electrons. The van der Waals surface area contributed by atoms with Gasteiger partial charge in [-0.1, -0.05) is 18.2 Å². The molecule has 2 aromatic carbocycles. The molecule has 5 heteroatoms. The average Bonchev–Trinajstić information content (AvgIpc) is 2.69. The Labute approximate surface area is 116 Å². The van der Waals surface area contributed by atoms with E-state index in [1.54, 1.807) is 24.3 Å². The van der Waals surface area contributed by atoms with E-state index in [2.05, 4.69) is 0 Å². The molecule has 0 unspecified atom stereocenters. The van der Waals surface area contributed by atoms with Gasteiger partial charge in [-0.05, 0) is 42.0 Å². The smallest absolute Gasteiger partial charge is 0.206 e. The van der Waals surface area contributed by atoms with Gasteiger partial charge in [-0.15, -0.1) is 0 Å². The fourth-order valence-electron chi connectivity index (χ4n) is 2.06. The van der Waals surface area contributed by atoms with E-state index in [0.717, 1.165) is 0 Å². The highest BCUT2D eigenvalue weighted by Crippen LogP contribution is 2.35. The zero-order chi connectivity index (χ0) is 14.2. The van der Waals surface area contributed by atoms with Crippen LogP contribution in [0, 0.1) is 0 Å². The van der Waals surface area contributed by atoms with Crippen LogP contribution in [0.2, 0.25) is 0 Å². The van der Waals surface area contributed by atoms with Crippen molar-refractivity contribution in [3.05, 3.63) is 59.0 Å². The van der Waals surface area contributed by atoms with Crippen LogP contribution >= 0.6 is 0 Å². The van der Waals surface area contributed by atoms with E-state index in [4.69, 9.17) is 4.74 Å². The lowest BCUT2D eigenvalue weighted by Gasteiger charge is -2.07. The number of phenols is 1. The zero-order valence-electron chi connectivity index (χ0n) is 10.5. The number of ether oxygens (including phenoxy) is 1. The maximum absolute atomic E-state index is 12.3. The van der Waals surface area contributed by atoms with Crippen molar-refractivity contribution >= 4 is 15.9 Å². The van der Waals surface area contributed by atoms with Crippen molar-refractivity contribution in [2.75, 3.05) is 6.61 Å². The second-order valence-corrected chi connectivity index (χ2v) is 6.41. The van der Waals surface area contributed by atoms with Crippen molar-refractivity contribution in [3.63, 3.8) is 0 Å². The van der Waals surface area contributed by atoms with Crippen LogP contribution in [-0.2, 0) is 9.84 Å². The Morgan fingerprint density at radius 1 is 1.05 bits per heavy atom. The topological polar surface area (TPSA) is 63.6 Å². The molecule has 102 valence electrons. The van der Waals surface area contributed by atoms with Gasteiger partial charge in [0.2, 0.25) is 9.84 Å². The fraction of sp³-hybridized carbons (Fsp3) is 0.0667. The van der Waals surface area contributed by atoms with E-state index in [9.17, 15) is 13.5 Å². The van der Waals surface area contributed by atoms with Gasteiger partial charge in [-0.2, -0.15) is 0 Å². The molecule has 0 amide bonds. The number of hydrogen-bond donors (Lipinski definition) is 1. The Morgan fingerprint density at radius 2 is 1.80 bits per heavy atom. The molecule has 1 aliphatic rings. The molecule has 2 aromatic rings. The molecule has 0 atom stereocenters. The summed E-state index contributed by atoms with van der Waals surface area (Å²) in [6, 6.07) is 13.3. The second-order valence-electron chi connectivity index (χ2n) is 4.44. The second kappa shape index (κ2) is 4.68. The maximum atomic E-state index is 12.3. The van der Waals surface area contributed by atoms with Crippen molar-refractivity contribution in [1.29, 1.82) is 0 Å². The zero-order valence-corrected chi connectivity index (χ0v) is 11.3. The van der Waals surface area contributed by atoms with Crippen LogP contribution in [0.15, 0.2) is 58.3 Å². The maximum Gasteiger partial charge on any atom is 0.206 e. The van der Waals surface area contributed by atoms with E-state index < -0.39 is 9.84 Å². The molecule has 1 N–H and O–H groups in total. The summed E-state index contributed by atoms with van der Waals surface area (Å²) < 4.78 is 30.1. The lowest BCUT2D eigenvalue weighted by atomic mass is 10.2. The van der Waals surface area contributed by atoms with Crippen molar-refractivity contribution < 1.29 is 18.3 Å². The van der Waals surface area contributed by atoms with Gasteiger partial charge in [-0.25, -0.2) is 8.42 Å². The van der Waals surface area contributed by atoms with Gasteiger partial charge < -0.3 is 9.84 Å². The van der Waals surface area contributed by atoms with Crippen LogP contribution < -0.4 is 4.74 Å². The molecule has 1 heterocycles. The van der Waals surface area contributed by atoms with Gasteiger partial charge in [0.05, 0.1) is 9.80 Å². The lowest BCUT2D eigenvalue weighted by Crippen LogP contribution is -2.08. The van der Waals surface area contributed by atoms with Gasteiger partial charge >= 0.3 is 0 Å². The molecule has 3 rings (SSSR count). The standard InChI is InChI=1S/C15H12O4S/c16-12-7-6-11-8-14(20(17,18)15(11)9-12)10-19-13-4-2-1-3-5-13/h1-9,16H,10H2. The van der Waals surface area contributed by atoms with E-state index in [-0.39, 0.29) is 22.2 Å². The first kappa shape index (κ1) is 12.7. The van der Waals surface area contributed by atoms with Crippen molar-refractivity contribution in [2.24, 2.45) is 0 Å². The quantitative estimate of drug-likeness (QED) is 0.943. The van der Waals surface area contributed by atoms with Crippen LogP contribution in [0.4, 0.5) is 0 Å². The SMILES string of the molecule is O=S1(=O)C(COc2ccccc2)=Cc2ccc(O)cc21. The Kier molecular flexibility index (Phi) is 2.99. The van der Waals surface area contributed by atoms with Crippen LogP contribution in [0.25, 0.3) is 6.08 Å². The predicted molar refractivity (Wildman–Crippen MR) is 75.2 cm³/mol. The minimum Gasteiger partial charge on any atom is -0.508 e. The molecule has 0 fully saturated rings. The van der Waals surface area contributed by atoms with Crippen LogP contribution in [-0.4, -0.2) is 20.1 Å². The largest absolute Gasteiger partial charge is 0.508 e. The van der Waals surface area contributed by atoms with Crippen LogP contribution in [0.1, 0.15) is 5.56 Å². The first-order valence-electron chi connectivity index (χ1n) is 6.04. The highest BCUT2D eigenvalue weighted by molar-refractivity contribution is 7.95. The highest BCUT2D eigenvalue weighted by Gasteiger charge is 2.30. The lowest BCUT2D eigenvalue weighted by molar-refractivity contribution is 0.359. The predicted octanol–water partition coefficient (Wildman–Crippen LogP) is 2.60. The minimum atomic E-state index is -3.56. The summed E-state index contributed by atoms with van der Waals surface area (Å²) in [6.45, 7) is -0.0260. The monoisotopic (exact) mass is 288 g/mol. The molecule has 1 aliphatic heterocycles. The number of benzene rings is 2. The van der Waals surface area contributed by atoms with Gasteiger partial charge in [0, 0.05) is 0 Å². The molecule has 0 bridgehead atoms. The molecule has 0 saturated heterocycles. The summed E-state index contributed by atoms with van der Waals surface area (Å²) in [7, 11) is -3.56. The number of sulfone groups is 1. The molecule has 20 heavy (non-hydrogen) atoms.